The molecule has 1 N–H and O–H groups in total. The molecule has 1 aromatic carbocycles. The summed E-state index contributed by atoms with van der Waals surface area (Å²) in [6.07, 6.45) is 0.851. The number of benzene rings is 1. The Morgan fingerprint density at radius 2 is 2.00 bits per heavy atom. The fourth-order valence-corrected chi connectivity index (χ4v) is 2.02. The molecule has 0 spiro atoms. The van der Waals surface area contributed by atoms with E-state index in [0.717, 1.165) is 17.8 Å². The zero-order valence-electron chi connectivity index (χ0n) is 11.4. The highest BCUT2D eigenvalue weighted by Gasteiger charge is 2.06. The third-order valence-corrected chi connectivity index (χ3v) is 2.98. The highest BCUT2D eigenvalue weighted by Crippen LogP contribution is 2.01. The zero-order valence-corrected chi connectivity index (χ0v) is 11.4. The van der Waals surface area contributed by atoms with E-state index in [1.807, 2.05) is 38.1 Å². The number of nitrogens with one attached hydrogen (secondary N) is 1. The first-order chi connectivity index (χ1) is 9.15. The summed E-state index contributed by atoms with van der Waals surface area (Å²) in [5.41, 5.74) is 3.18. The van der Waals surface area contributed by atoms with Crippen LogP contribution in [0.5, 0.6) is 0 Å². The normalized spacial score (nSPS) is 10.4. The molecule has 0 aliphatic carbocycles. The summed E-state index contributed by atoms with van der Waals surface area (Å²) in [4.78, 5) is 11.8. The van der Waals surface area contributed by atoms with Gasteiger partial charge in [0.1, 0.15) is 6.54 Å². The minimum atomic E-state index is 0.00197. The van der Waals surface area contributed by atoms with Crippen LogP contribution in [-0.4, -0.2) is 22.2 Å². The average Bonchev–Trinajstić information content (AvgIpc) is 2.69. The van der Waals surface area contributed by atoms with Crippen molar-refractivity contribution in [3.05, 3.63) is 53.3 Å². The number of aromatic nitrogens is 2. The molecule has 1 amide bonds. The second-order valence-electron chi connectivity index (χ2n) is 4.67. The SMILES string of the molecule is Cc1cc(C)n(CC(=O)NCCc2ccccc2)n1. The minimum Gasteiger partial charge on any atom is -0.354 e. The minimum absolute atomic E-state index is 0.00197. The Bertz CT molecular complexity index is 546. The van der Waals surface area contributed by atoms with Gasteiger partial charge >= 0.3 is 0 Å². The maximum absolute atomic E-state index is 11.8. The molecular formula is C15H19N3O. The lowest BCUT2D eigenvalue weighted by molar-refractivity contribution is -0.121. The smallest absolute Gasteiger partial charge is 0.241 e. The Balaban J connectivity index is 1.78. The highest BCUT2D eigenvalue weighted by atomic mass is 16.2. The van der Waals surface area contributed by atoms with Crippen LogP contribution < -0.4 is 5.32 Å². The van der Waals surface area contributed by atoms with Crippen LogP contribution in [-0.2, 0) is 17.8 Å². The van der Waals surface area contributed by atoms with Gasteiger partial charge in [-0.05, 0) is 31.9 Å². The lowest BCUT2D eigenvalue weighted by Gasteiger charge is -2.06. The standard InChI is InChI=1S/C15H19N3O/c1-12-10-13(2)18(17-12)11-15(19)16-9-8-14-6-4-3-5-7-14/h3-7,10H,8-9,11H2,1-2H3,(H,16,19). The molecule has 4 heteroatoms. The number of amides is 1. The molecule has 0 unspecified atom stereocenters. The van der Waals surface area contributed by atoms with Gasteiger partial charge in [-0.3, -0.25) is 9.48 Å². The van der Waals surface area contributed by atoms with E-state index in [1.165, 1.54) is 5.56 Å². The van der Waals surface area contributed by atoms with Gasteiger partial charge in [-0.1, -0.05) is 30.3 Å². The van der Waals surface area contributed by atoms with Crippen LogP contribution in [0.1, 0.15) is 17.0 Å². The van der Waals surface area contributed by atoms with Gasteiger partial charge in [0.2, 0.25) is 5.91 Å². The molecule has 2 aromatic rings. The Labute approximate surface area is 113 Å². The van der Waals surface area contributed by atoms with Gasteiger partial charge in [-0.2, -0.15) is 5.10 Å². The summed E-state index contributed by atoms with van der Waals surface area (Å²) >= 11 is 0. The fraction of sp³-hybridized carbons (Fsp3) is 0.333. The number of nitrogens with zero attached hydrogens (tertiary/aromatic N) is 2. The molecule has 0 fully saturated rings. The second-order valence-corrected chi connectivity index (χ2v) is 4.67. The monoisotopic (exact) mass is 257 g/mol. The molecule has 0 saturated heterocycles. The van der Waals surface area contributed by atoms with Gasteiger partial charge in [0.25, 0.3) is 0 Å². The van der Waals surface area contributed by atoms with E-state index in [2.05, 4.69) is 22.5 Å². The highest BCUT2D eigenvalue weighted by molar-refractivity contribution is 5.75. The molecule has 2 rings (SSSR count). The largest absolute Gasteiger partial charge is 0.354 e. The Morgan fingerprint density at radius 1 is 1.26 bits per heavy atom. The van der Waals surface area contributed by atoms with Crippen LogP contribution in [0.25, 0.3) is 0 Å². The third-order valence-electron chi connectivity index (χ3n) is 2.98. The van der Waals surface area contributed by atoms with E-state index in [-0.39, 0.29) is 12.5 Å². The first-order valence-electron chi connectivity index (χ1n) is 6.47. The zero-order chi connectivity index (χ0) is 13.7. The maximum atomic E-state index is 11.8. The van der Waals surface area contributed by atoms with Crippen molar-refractivity contribution in [2.75, 3.05) is 6.54 Å². The summed E-state index contributed by atoms with van der Waals surface area (Å²) < 4.78 is 1.73. The molecule has 0 atom stereocenters. The Kier molecular flexibility index (Phi) is 4.34. The van der Waals surface area contributed by atoms with Crippen LogP contribution in [0.2, 0.25) is 0 Å². The molecule has 0 aliphatic heterocycles. The average molecular weight is 257 g/mol. The molecule has 0 radical (unpaired) electrons. The molecule has 0 aliphatic rings. The first kappa shape index (κ1) is 13.3. The van der Waals surface area contributed by atoms with Crippen molar-refractivity contribution >= 4 is 5.91 Å². The van der Waals surface area contributed by atoms with Gasteiger partial charge < -0.3 is 5.32 Å². The van der Waals surface area contributed by atoms with Crippen molar-refractivity contribution in [1.82, 2.24) is 15.1 Å². The van der Waals surface area contributed by atoms with Crippen molar-refractivity contribution in [2.24, 2.45) is 0 Å². The van der Waals surface area contributed by atoms with Crippen LogP contribution >= 0.6 is 0 Å². The molecule has 19 heavy (non-hydrogen) atoms. The third kappa shape index (κ3) is 3.95. The molecule has 0 saturated carbocycles. The summed E-state index contributed by atoms with van der Waals surface area (Å²) in [7, 11) is 0. The lowest BCUT2D eigenvalue weighted by Crippen LogP contribution is -2.30. The molecule has 1 aromatic heterocycles. The Hall–Kier alpha value is -2.10. The summed E-state index contributed by atoms with van der Waals surface area (Å²) in [5, 5.41) is 7.19. The molecule has 0 bridgehead atoms. The summed E-state index contributed by atoms with van der Waals surface area (Å²) in [6.45, 7) is 4.82. The number of rotatable bonds is 5. The van der Waals surface area contributed by atoms with E-state index in [1.54, 1.807) is 4.68 Å². The van der Waals surface area contributed by atoms with Gasteiger partial charge in [0.15, 0.2) is 0 Å². The molecular weight excluding hydrogens is 238 g/mol. The van der Waals surface area contributed by atoms with E-state index < -0.39 is 0 Å². The van der Waals surface area contributed by atoms with Gasteiger partial charge in [0.05, 0.1) is 5.69 Å². The van der Waals surface area contributed by atoms with Gasteiger partial charge in [-0.15, -0.1) is 0 Å². The van der Waals surface area contributed by atoms with Gasteiger partial charge in [-0.25, -0.2) is 0 Å². The lowest BCUT2D eigenvalue weighted by atomic mass is 10.1. The fourth-order valence-electron chi connectivity index (χ4n) is 2.02. The van der Waals surface area contributed by atoms with Crippen molar-refractivity contribution < 1.29 is 4.79 Å². The maximum Gasteiger partial charge on any atom is 0.241 e. The quantitative estimate of drug-likeness (QED) is 0.888. The van der Waals surface area contributed by atoms with E-state index in [4.69, 9.17) is 0 Å². The number of hydrogen-bond acceptors (Lipinski definition) is 2. The Morgan fingerprint density at radius 3 is 2.63 bits per heavy atom. The van der Waals surface area contributed by atoms with Crippen molar-refractivity contribution in [1.29, 1.82) is 0 Å². The van der Waals surface area contributed by atoms with Crippen molar-refractivity contribution in [3.8, 4) is 0 Å². The van der Waals surface area contributed by atoms with Crippen molar-refractivity contribution in [2.45, 2.75) is 26.8 Å². The molecule has 4 nitrogen and oxygen atoms in total. The number of carbonyl (C=O) groups excluding carboxylic acids is 1. The summed E-state index contributed by atoms with van der Waals surface area (Å²) in [6, 6.07) is 12.1. The number of aryl methyl sites for hydroxylation is 2. The molecule has 1 heterocycles. The first-order valence-corrected chi connectivity index (χ1v) is 6.47. The van der Waals surface area contributed by atoms with Crippen molar-refractivity contribution in [3.63, 3.8) is 0 Å². The van der Waals surface area contributed by atoms with E-state index in [0.29, 0.717) is 6.54 Å². The predicted molar refractivity (Wildman–Crippen MR) is 74.9 cm³/mol. The second kappa shape index (κ2) is 6.18. The van der Waals surface area contributed by atoms with Crippen LogP contribution in [0, 0.1) is 13.8 Å². The summed E-state index contributed by atoms with van der Waals surface area (Å²) in [5.74, 6) is 0.00197. The topological polar surface area (TPSA) is 46.9 Å². The van der Waals surface area contributed by atoms with E-state index in [9.17, 15) is 4.79 Å². The number of carbonyl (C=O) groups is 1. The number of hydrogen-bond donors (Lipinski definition) is 1. The van der Waals surface area contributed by atoms with E-state index >= 15 is 0 Å². The van der Waals surface area contributed by atoms with Crippen LogP contribution in [0.4, 0.5) is 0 Å². The molecule has 100 valence electrons. The predicted octanol–water partition coefficient (Wildman–Crippen LogP) is 1.86. The van der Waals surface area contributed by atoms with Gasteiger partial charge in [0, 0.05) is 12.2 Å². The van der Waals surface area contributed by atoms with Crippen LogP contribution in [0.15, 0.2) is 36.4 Å². The van der Waals surface area contributed by atoms with Crippen LogP contribution in [0.3, 0.4) is 0 Å².